The van der Waals surface area contributed by atoms with Crippen LogP contribution in [0.1, 0.15) is 17.4 Å². The van der Waals surface area contributed by atoms with Crippen LogP contribution in [0.5, 0.6) is 0 Å². The van der Waals surface area contributed by atoms with Gasteiger partial charge in [-0.25, -0.2) is 9.78 Å². The van der Waals surface area contributed by atoms with E-state index in [1.807, 2.05) is 30.5 Å². The second-order valence-electron chi connectivity index (χ2n) is 4.21. The van der Waals surface area contributed by atoms with Gasteiger partial charge in [0.05, 0.1) is 12.3 Å². The zero-order chi connectivity index (χ0) is 14.1. The van der Waals surface area contributed by atoms with Crippen molar-refractivity contribution in [1.29, 1.82) is 0 Å². The van der Waals surface area contributed by atoms with Gasteiger partial charge in [-0.3, -0.25) is 4.40 Å². The second-order valence-corrected chi connectivity index (χ2v) is 5.04. The van der Waals surface area contributed by atoms with Crippen LogP contribution in [0.2, 0.25) is 0 Å². The molecular weight excluding hydrogens is 274 g/mol. The Kier molecular flexibility index (Phi) is 3.15. The van der Waals surface area contributed by atoms with Crippen LogP contribution in [0.4, 0.5) is 5.69 Å². The first-order valence-corrected chi connectivity index (χ1v) is 7.07. The zero-order valence-electron chi connectivity index (χ0n) is 10.9. The predicted molar refractivity (Wildman–Crippen MR) is 78.9 cm³/mol. The number of nitrogens with zero attached hydrogens (tertiary/aromatic N) is 2. The van der Waals surface area contributed by atoms with Crippen molar-refractivity contribution in [3.05, 3.63) is 41.5 Å². The van der Waals surface area contributed by atoms with Crippen molar-refractivity contribution in [2.75, 3.05) is 12.3 Å². The van der Waals surface area contributed by atoms with E-state index in [0.29, 0.717) is 18.0 Å². The first-order valence-electron chi connectivity index (χ1n) is 6.19. The number of hydrogen-bond acceptors (Lipinski definition) is 5. The van der Waals surface area contributed by atoms with Crippen molar-refractivity contribution in [2.24, 2.45) is 0 Å². The third kappa shape index (κ3) is 2.04. The van der Waals surface area contributed by atoms with Gasteiger partial charge in [0.15, 0.2) is 4.96 Å². The number of hydrogen-bond donors (Lipinski definition) is 1. The fourth-order valence-electron chi connectivity index (χ4n) is 2.00. The average molecular weight is 287 g/mol. The topological polar surface area (TPSA) is 69.6 Å². The van der Waals surface area contributed by atoms with Gasteiger partial charge in [-0.1, -0.05) is 18.2 Å². The molecular formula is C14H13N3O2S. The molecule has 2 heterocycles. The minimum atomic E-state index is -0.344. The molecule has 1 aromatic carbocycles. The maximum Gasteiger partial charge on any atom is 0.356 e. The third-order valence-corrected chi connectivity index (χ3v) is 3.77. The van der Waals surface area contributed by atoms with Crippen LogP contribution in [0, 0.1) is 0 Å². The molecule has 0 saturated heterocycles. The minimum Gasteiger partial charge on any atom is -0.461 e. The van der Waals surface area contributed by atoms with Crippen molar-refractivity contribution in [1.82, 2.24) is 9.38 Å². The maximum atomic E-state index is 11.8. The largest absolute Gasteiger partial charge is 0.461 e. The summed E-state index contributed by atoms with van der Waals surface area (Å²) in [5.41, 5.74) is 8.71. The first kappa shape index (κ1) is 12.7. The number of aromatic nitrogens is 2. The molecule has 102 valence electrons. The van der Waals surface area contributed by atoms with Gasteiger partial charge in [-0.2, -0.15) is 0 Å². The quantitative estimate of drug-likeness (QED) is 0.594. The Hall–Kier alpha value is -2.34. The van der Waals surface area contributed by atoms with Crippen LogP contribution < -0.4 is 5.73 Å². The lowest BCUT2D eigenvalue weighted by atomic mass is 10.1. The molecule has 0 amide bonds. The predicted octanol–water partition coefficient (Wildman–Crippen LogP) is 2.82. The second kappa shape index (κ2) is 4.97. The van der Waals surface area contributed by atoms with Crippen LogP contribution in [0.3, 0.4) is 0 Å². The van der Waals surface area contributed by atoms with E-state index in [0.717, 1.165) is 16.2 Å². The van der Waals surface area contributed by atoms with Gasteiger partial charge in [-0.15, -0.1) is 11.3 Å². The third-order valence-electron chi connectivity index (χ3n) is 2.93. The van der Waals surface area contributed by atoms with E-state index in [4.69, 9.17) is 10.5 Å². The molecule has 0 saturated carbocycles. The van der Waals surface area contributed by atoms with Gasteiger partial charge in [0.1, 0.15) is 5.69 Å². The summed E-state index contributed by atoms with van der Waals surface area (Å²) in [6.07, 6.45) is 1.81. The van der Waals surface area contributed by atoms with Gasteiger partial charge in [-0.05, 0) is 13.0 Å². The fourth-order valence-corrected chi connectivity index (χ4v) is 2.84. The summed E-state index contributed by atoms with van der Waals surface area (Å²) >= 11 is 1.40. The highest BCUT2D eigenvalue weighted by Crippen LogP contribution is 2.27. The molecule has 3 rings (SSSR count). The van der Waals surface area contributed by atoms with Crippen molar-refractivity contribution >= 4 is 28.0 Å². The molecule has 2 N–H and O–H groups in total. The lowest BCUT2D eigenvalue weighted by Gasteiger charge is -2.01. The summed E-state index contributed by atoms with van der Waals surface area (Å²) in [7, 11) is 0. The Morgan fingerprint density at radius 3 is 3.00 bits per heavy atom. The zero-order valence-corrected chi connectivity index (χ0v) is 11.7. The number of nitrogens with two attached hydrogens (primary N) is 1. The Bertz CT molecular complexity index is 776. The van der Waals surface area contributed by atoms with Crippen molar-refractivity contribution in [3.63, 3.8) is 0 Å². The highest BCUT2D eigenvalue weighted by molar-refractivity contribution is 7.15. The SMILES string of the molecule is CCOC(=O)c1csc2nc(-c3ccccc3N)cn12. The van der Waals surface area contributed by atoms with E-state index in [9.17, 15) is 4.79 Å². The van der Waals surface area contributed by atoms with E-state index < -0.39 is 0 Å². The number of ether oxygens (including phenoxy) is 1. The average Bonchev–Trinajstić information content (AvgIpc) is 2.99. The summed E-state index contributed by atoms with van der Waals surface area (Å²) < 4.78 is 6.77. The van der Waals surface area contributed by atoms with Crippen LogP contribution in [0.25, 0.3) is 16.2 Å². The van der Waals surface area contributed by atoms with Crippen LogP contribution in [-0.2, 0) is 4.74 Å². The number of rotatable bonds is 3. The Balaban J connectivity index is 2.08. The van der Waals surface area contributed by atoms with Crippen LogP contribution >= 0.6 is 11.3 Å². The van der Waals surface area contributed by atoms with Gasteiger partial charge in [0.25, 0.3) is 0 Å². The number of carbonyl (C=O) groups excluding carboxylic acids is 1. The summed E-state index contributed by atoms with van der Waals surface area (Å²) in [6, 6.07) is 7.52. The Morgan fingerprint density at radius 1 is 1.45 bits per heavy atom. The molecule has 0 aliphatic rings. The smallest absolute Gasteiger partial charge is 0.356 e. The number of fused-ring (bicyclic) bond motifs is 1. The van der Waals surface area contributed by atoms with E-state index in [-0.39, 0.29) is 5.97 Å². The van der Waals surface area contributed by atoms with Gasteiger partial charge in [0, 0.05) is 22.8 Å². The number of nitrogen functional groups attached to an aromatic ring is 1. The van der Waals surface area contributed by atoms with Gasteiger partial charge >= 0.3 is 5.97 Å². The molecule has 0 radical (unpaired) electrons. The molecule has 0 aliphatic heterocycles. The molecule has 0 atom stereocenters. The maximum absolute atomic E-state index is 11.8. The molecule has 0 fully saturated rings. The summed E-state index contributed by atoms with van der Waals surface area (Å²) in [5, 5.41) is 1.75. The van der Waals surface area contributed by atoms with Gasteiger partial charge < -0.3 is 10.5 Å². The monoisotopic (exact) mass is 287 g/mol. The summed E-state index contributed by atoms with van der Waals surface area (Å²) in [5.74, 6) is -0.344. The molecule has 0 aliphatic carbocycles. The summed E-state index contributed by atoms with van der Waals surface area (Å²) in [4.78, 5) is 17.1. The number of esters is 1. The Morgan fingerprint density at radius 2 is 2.25 bits per heavy atom. The number of carbonyl (C=O) groups is 1. The lowest BCUT2D eigenvalue weighted by Crippen LogP contribution is -2.06. The Labute approximate surface area is 119 Å². The van der Waals surface area contributed by atoms with Crippen LogP contribution in [-0.4, -0.2) is 22.0 Å². The number of thiazole rings is 1. The molecule has 6 heteroatoms. The normalized spacial score (nSPS) is 10.8. The standard InChI is InChI=1S/C14H13N3O2S/c1-2-19-13(18)12-8-20-14-16-11(7-17(12)14)9-5-3-4-6-10(9)15/h3-8H,2,15H2,1H3. The number of anilines is 1. The van der Waals surface area contributed by atoms with E-state index in [1.165, 1.54) is 11.3 Å². The molecule has 2 aromatic heterocycles. The summed E-state index contributed by atoms with van der Waals surface area (Å²) in [6.45, 7) is 2.13. The molecule has 0 unspecified atom stereocenters. The highest BCUT2D eigenvalue weighted by Gasteiger charge is 2.16. The molecule has 3 aromatic rings. The number of benzene rings is 1. The van der Waals surface area contributed by atoms with Crippen molar-refractivity contribution in [3.8, 4) is 11.3 Å². The van der Waals surface area contributed by atoms with E-state index >= 15 is 0 Å². The minimum absolute atomic E-state index is 0.344. The number of para-hydroxylation sites is 1. The van der Waals surface area contributed by atoms with Crippen LogP contribution in [0.15, 0.2) is 35.8 Å². The highest BCUT2D eigenvalue weighted by atomic mass is 32.1. The first-order chi connectivity index (χ1) is 9.70. The molecule has 0 bridgehead atoms. The van der Waals surface area contributed by atoms with Gasteiger partial charge in [0.2, 0.25) is 0 Å². The number of imidazole rings is 1. The molecule has 5 nitrogen and oxygen atoms in total. The fraction of sp³-hybridized carbons (Fsp3) is 0.143. The molecule has 20 heavy (non-hydrogen) atoms. The van der Waals surface area contributed by atoms with Crippen molar-refractivity contribution < 1.29 is 9.53 Å². The van der Waals surface area contributed by atoms with E-state index in [1.54, 1.807) is 16.7 Å². The molecule has 0 spiro atoms. The van der Waals surface area contributed by atoms with E-state index in [2.05, 4.69) is 4.98 Å². The van der Waals surface area contributed by atoms with Crippen molar-refractivity contribution in [2.45, 2.75) is 6.92 Å². The lowest BCUT2D eigenvalue weighted by molar-refractivity contribution is 0.0518.